The lowest BCUT2D eigenvalue weighted by atomic mass is 10.1. The van der Waals surface area contributed by atoms with Gasteiger partial charge in [-0.3, -0.25) is 14.4 Å². The number of esters is 3. The molecule has 0 bridgehead atoms. The first kappa shape index (κ1) is 27.5. The molecule has 0 amide bonds. The van der Waals surface area contributed by atoms with Crippen LogP contribution >= 0.6 is 0 Å². The Kier molecular flexibility index (Phi) is 10.9. The molecule has 0 aliphatic carbocycles. The summed E-state index contributed by atoms with van der Waals surface area (Å²) in [5.74, 6) is 0.573. The Morgan fingerprint density at radius 1 is 0.743 bits per heavy atom. The molecule has 35 heavy (non-hydrogen) atoms. The number of hydrogen-bond donors (Lipinski definition) is 0. The number of rotatable bonds is 13. The van der Waals surface area contributed by atoms with Crippen LogP contribution in [0.1, 0.15) is 38.3 Å². The highest BCUT2D eigenvalue weighted by Crippen LogP contribution is 2.32. The Balaban J connectivity index is 2.17. The highest BCUT2D eigenvalue weighted by molar-refractivity contribution is 5.70. The van der Waals surface area contributed by atoms with Crippen molar-refractivity contribution in [1.82, 2.24) is 0 Å². The number of carbonyl (C=O) groups is 3. The number of aryl methyl sites for hydroxylation is 1. The second-order valence-corrected chi connectivity index (χ2v) is 7.75. The van der Waals surface area contributed by atoms with Crippen LogP contribution in [0, 0.1) is 0 Å². The molecule has 0 aromatic heterocycles. The molecule has 0 N–H and O–H groups in total. The summed E-state index contributed by atoms with van der Waals surface area (Å²) in [6.07, 6.45) is 1.25. The van der Waals surface area contributed by atoms with Crippen molar-refractivity contribution in [3.63, 3.8) is 0 Å². The first-order chi connectivity index (χ1) is 16.7. The van der Waals surface area contributed by atoms with E-state index in [4.69, 9.17) is 28.4 Å². The van der Waals surface area contributed by atoms with E-state index in [0.29, 0.717) is 48.9 Å². The van der Waals surface area contributed by atoms with Gasteiger partial charge in [0, 0.05) is 27.2 Å². The molecular formula is C26H32O9. The van der Waals surface area contributed by atoms with Crippen LogP contribution in [0.3, 0.4) is 0 Å². The lowest BCUT2D eigenvalue weighted by Gasteiger charge is -2.21. The van der Waals surface area contributed by atoms with E-state index in [-0.39, 0.29) is 12.6 Å². The summed E-state index contributed by atoms with van der Waals surface area (Å²) in [6.45, 7) is 4.40. The summed E-state index contributed by atoms with van der Waals surface area (Å²) in [4.78, 5) is 33.6. The molecule has 9 nitrogen and oxygen atoms in total. The molecule has 0 heterocycles. The Morgan fingerprint density at radius 3 is 1.97 bits per heavy atom. The predicted octanol–water partition coefficient (Wildman–Crippen LogP) is 3.68. The third-order valence-corrected chi connectivity index (χ3v) is 4.85. The number of benzene rings is 2. The molecule has 0 saturated carbocycles. The van der Waals surface area contributed by atoms with Gasteiger partial charge in [0.25, 0.3) is 0 Å². The van der Waals surface area contributed by atoms with Crippen LogP contribution in [0.25, 0.3) is 0 Å². The van der Waals surface area contributed by atoms with Gasteiger partial charge in [-0.15, -0.1) is 0 Å². The monoisotopic (exact) mass is 488 g/mol. The first-order valence-electron chi connectivity index (χ1n) is 11.2. The van der Waals surface area contributed by atoms with Crippen molar-refractivity contribution in [3.8, 4) is 23.0 Å². The first-order valence-corrected chi connectivity index (χ1v) is 11.2. The van der Waals surface area contributed by atoms with Crippen molar-refractivity contribution < 1.29 is 42.8 Å². The van der Waals surface area contributed by atoms with Gasteiger partial charge in [0.15, 0.2) is 23.0 Å². The molecule has 0 saturated heterocycles. The minimum atomic E-state index is -0.521. The molecule has 0 radical (unpaired) electrons. The number of methoxy groups -OCH3 is 2. The van der Waals surface area contributed by atoms with E-state index in [0.717, 1.165) is 11.1 Å². The van der Waals surface area contributed by atoms with Crippen molar-refractivity contribution in [2.45, 2.75) is 46.1 Å². The fourth-order valence-electron chi connectivity index (χ4n) is 3.32. The van der Waals surface area contributed by atoms with E-state index in [9.17, 15) is 14.4 Å². The molecule has 0 fully saturated rings. The third kappa shape index (κ3) is 9.56. The molecule has 0 aliphatic heterocycles. The number of carbonyl (C=O) groups excluding carboxylic acids is 3. The van der Waals surface area contributed by atoms with Crippen LogP contribution in [-0.2, 0) is 36.7 Å². The smallest absolute Gasteiger partial charge is 0.308 e. The topological polar surface area (TPSA) is 107 Å². The minimum Gasteiger partial charge on any atom is -0.493 e. The summed E-state index contributed by atoms with van der Waals surface area (Å²) in [6, 6.07) is 10.7. The van der Waals surface area contributed by atoms with Crippen molar-refractivity contribution in [2.24, 2.45) is 0 Å². The van der Waals surface area contributed by atoms with Crippen molar-refractivity contribution in [2.75, 3.05) is 27.4 Å². The van der Waals surface area contributed by atoms with E-state index >= 15 is 0 Å². The van der Waals surface area contributed by atoms with E-state index < -0.39 is 18.0 Å². The lowest BCUT2D eigenvalue weighted by molar-refractivity contribution is -0.143. The second kappa shape index (κ2) is 13.8. The fraction of sp³-hybridized carbons (Fsp3) is 0.423. The number of hydrogen-bond acceptors (Lipinski definition) is 9. The van der Waals surface area contributed by atoms with Gasteiger partial charge in [0.1, 0.15) is 12.7 Å². The zero-order valence-electron chi connectivity index (χ0n) is 20.8. The average molecular weight is 489 g/mol. The predicted molar refractivity (Wildman–Crippen MR) is 127 cm³/mol. The Hall–Kier alpha value is -3.75. The van der Waals surface area contributed by atoms with Crippen LogP contribution in [0.2, 0.25) is 0 Å². The Morgan fingerprint density at radius 2 is 1.34 bits per heavy atom. The summed E-state index contributed by atoms with van der Waals surface area (Å²) in [7, 11) is 3.03. The van der Waals surface area contributed by atoms with E-state index in [1.165, 1.54) is 27.9 Å². The maximum absolute atomic E-state index is 11.4. The maximum Gasteiger partial charge on any atom is 0.308 e. The lowest BCUT2D eigenvalue weighted by Crippen LogP contribution is -2.27. The molecule has 2 aromatic carbocycles. The van der Waals surface area contributed by atoms with Crippen molar-refractivity contribution >= 4 is 17.9 Å². The van der Waals surface area contributed by atoms with Gasteiger partial charge in [-0.05, 0) is 48.2 Å². The van der Waals surface area contributed by atoms with Gasteiger partial charge in [0.2, 0.25) is 0 Å². The van der Waals surface area contributed by atoms with Crippen LogP contribution in [0.4, 0.5) is 0 Å². The van der Waals surface area contributed by atoms with Gasteiger partial charge in [-0.1, -0.05) is 12.1 Å². The largest absolute Gasteiger partial charge is 0.493 e. The van der Waals surface area contributed by atoms with Gasteiger partial charge >= 0.3 is 17.9 Å². The standard InChI is InChI=1S/C26H32O9/c1-17(27)32-12-6-7-20-8-10-24(25(14-20)30-4)35-22(16-33-18(2)28)13-21-9-11-23(34-19(3)29)26(15-21)31-5/h8-11,14-15,22H,6-7,12-13,16H2,1-5H3/t22-/m0/s1. The van der Waals surface area contributed by atoms with Crippen LogP contribution in [0.15, 0.2) is 36.4 Å². The maximum atomic E-state index is 11.4. The summed E-state index contributed by atoms with van der Waals surface area (Å²) >= 11 is 0. The minimum absolute atomic E-state index is 0.0244. The summed E-state index contributed by atoms with van der Waals surface area (Å²) < 4.78 is 32.4. The van der Waals surface area contributed by atoms with E-state index in [1.807, 2.05) is 12.1 Å². The third-order valence-electron chi connectivity index (χ3n) is 4.85. The number of ether oxygens (including phenoxy) is 6. The molecule has 0 aliphatic rings. The summed E-state index contributed by atoms with van der Waals surface area (Å²) in [5, 5.41) is 0. The summed E-state index contributed by atoms with van der Waals surface area (Å²) in [5.41, 5.74) is 1.83. The zero-order chi connectivity index (χ0) is 25.8. The van der Waals surface area contributed by atoms with E-state index in [1.54, 1.807) is 31.4 Å². The van der Waals surface area contributed by atoms with E-state index in [2.05, 4.69) is 0 Å². The molecule has 190 valence electrons. The molecular weight excluding hydrogens is 456 g/mol. The molecule has 0 unspecified atom stereocenters. The Bertz CT molecular complexity index is 1020. The van der Waals surface area contributed by atoms with Crippen molar-refractivity contribution in [1.29, 1.82) is 0 Å². The Labute approximate surface area is 205 Å². The zero-order valence-corrected chi connectivity index (χ0v) is 20.8. The molecule has 0 spiro atoms. The molecule has 2 rings (SSSR count). The average Bonchev–Trinajstić information content (AvgIpc) is 2.81. The van der Waals surface area contributed by atoms with Crippen LogP contribution < -0.4 is 18.9 Å². The molecule has 9 heteroatoms. The SMILES string of the molecule is COc1cc(C[C@@H](COC(C)=O)Oc2ccc(CCCOC(C)=O)cc2OC)ccc1OC(C)=O. The van der Waals surface area contributed by atoms with Crippen molar-refractivity contribution in [3.05, 3.63) is 47.5 Å². The van der Waals surface area contributed by atoms with Gasteiger partial charge < -0.3 is 28.4 Å². The normalized spacial score (nSPS) is 11.2. The van der Waals surface area contributed by atoms with Gasteiger partial charge in [0.05, 0.1) is 20.8 Å². The van der Waals surface area contributed by atoms with Gasteiger partial charge in [-0.25, -0.2) is 0 Å². The van der Waals surface area contributed by atoms with Gasteiger partial charge in [-0.2, -0.15) is 0 Å². The molecule has 2 aromatic rings. The quantitative estimate of drug-likeness (QED) is 0.237. The van der Waals surface area contributed by atoms with Crippen LogP contribution in [-0.4, -0.2) is 51.4 Å². The molecule has 1 atom stereocenters. The highest BCUT2D eigenvalue weighted by Gasteiger charge is 2.18. The highest BCUT2D eigenvalue weighted by atomic mass is 16.6. The van der Waals surface area contributed by atoms with Crippen LogP contribution in [0.5, 0.6) is 23.0 Å². The fourth-order valence-corrected chi connectivity index (χ4v) is 3.32. The second-order valence-electron chi connectivity index (χ2n) is 7.75.